The normalized spacial score (nSPS) is 13.6. The van der Waals surface area contributed by atoms with Crippen LogP contribution in [0.5, 0.6) is 0 Å². The van der Waals surface area contributed by atoms with Crippen LogP contribution in [0, 0.1) is 0 Å². The van der Waals surface area contributed by atoms with Gasteiger partial charge in [0.15, 0.2) is 0 Å². The summed E-state index contributed by atoms with van der Waals surface area (Å²) >= 11 is 6.78. The number of hydrogen-bond donors (Lipinski definition) is 0. The molecule has 1 aliphatic rings. The molecule has 0 aromatic heterocycles. The predicted octanol–water partition coefficient (Wildman–Crippen LogP) is 4.14. The Morgan fingerprint density at radius 1 is 1.24 bits per heavy atom. The lowest BCUT2D eigenvalue weighted by Gasteiger charge is -1.96. The third-order valence-corrected chi connectivity index (χ3v) is 3.04. The van der Waals surface area contributed by atoms with Crippen molar-refractivity contribution in [3.05, 3.63) is 44.4 Å². The van der Waals surface area contributed by atoms with E-state index in [0.29, 0.717) is 0 Å². The third-order valence-electron chi connectivity index (χ3n) is 2.13. The molecule has 0 saturated heterocycles. The van der Waals surface area contributed by atoms with Crippen molar-refractivity contribution in [2.45, 2.75) is 12.8 Å². The number of carbonyl (C=O) groups is 1. The van der Waals surface area contributed by atoms with Gasteiger partial charge in [0.2, 0.25) is 0 Å². The first-order valence-electron chi connectivity index (χ1n) is 5.13. The molecule has 0 radical (unpaired) electrons. The summed E-state index contributed by atoms with van der Waals surface area (Å²) in [6, 6.07) is 5.80. The lowest BCUT2D eigenvalue weighted by atomic mass is 10.2. The molecule has 0 atom stereocenters. The van der Waals surface area contributed by atoms with Crippen LogP contribution in [0.1, 0.15) is 18.4 Å². The van der Waals surface area contributed by atoms with Gasteiger partial charge in [0.1, 0.15) is 0 Å². The second-order valence-corrected chi connectivity index (χ2v) is 5.53. The smallest absolute Gasteiger partial charge is 0.267 e. The van der Waals surface area contributed by atoms with E-state index in [1.807, 2.05) is 18.2 Å². The van der Waals surface area contributed by atoms with E-state index in [1.165, 1.54) is 6.08 Å². The monoisotopic (exact) mass is 353 g/mol. The Hall–Kier alpha value is -0.960. The second-order valence-electron chi connectivity index (χ2n) is 3.70. The van der Waals surface area contributed by atoms with Crippen LogP contribution in [0.25, 0.3) is 6.08 Å². The predicted molar refractivity (Wildman–Crippen MR) is 76.1 cm³/mol. The highest BCUT2D eigenvalue weighted by atomic mass is 79.9. The minimum atomic E-state index is -0.277. The second kappa shape index (κ2) is 5.58. The number of carbonyl (C=O) groups excluding carboxylic acids is 1. The van der Waals surface area contributed by atoms with Crippen molar-refractivity contribution in [1.82, 2.24) is 0 Å². The van der Waals surface area contributed by atoms with Crippen molar-refractivity contribution in [2.75, 3.05) is 0 Å². The van der Waals surface area contributed by atoms with Gasteiger partial charge in [-0.05, 0) is 54.1 Å². The molecule has 17 heavy (non-hydrogen) atoms. The summed E-state index contributed by atoms with van der Waals surface area (Å²) in [4.78, 5) is 15.1. The maximum atomic E-state index is 11.4. The highest BCUT2D eigenvalue weighted by Gasteiger charge is 2.09. The number of benzene rings is 1. The maximum absolute atomic E-state index is 11.4. The molecular formula is C13H9Br2NO. The lowest BCUT2D eigenvalue weighted by Crippen LogP contribution is -1.84. The first kappa shape index (κ1) is 12.5. The molecule has 2 rings (SSSR count). The molecule has 1 saturated carbocycles. The van der Waals surface area contributed by atoms with Crippen LogP contribution < -0.4 is 0 Å². The zero-order valence-electron chi connectivity index (χ0n) is 8.91. The fourth-order valence-electron chi connectivity index (χ4n) is 1.18. The number of hydrogen-bond acceptors (Lipinski definition) is 1. The fourth-order valence-corrected chi connectivity index (χ4v) is 2.51. The molecule has 2 nitrogen and oxygen atoms in total. The zero-order chi connectivity index (χ0) is 12.3. The average molecular weight is 355 g/mol. The van der Waals surface area contributed by atoms with Gasteiger partial charge in [-0.25, -0.2) is 0 Å². The summed E-state index contributed by atoms with van der Waals surface area (Å²) in [5.74, 6) is 2.46. The lowest BCUT2D eigenvalue weighted by molar-refractivity contribution is -0.113. The van der Waals surface area contributed by atoms with Gasteiger partial charge in [-0.2, -0.15) is 4.99 Å². The standard InChI is InChI=1S/C13H9Br2NO/c14-11-5-10(6-12(15)7-11)3-4-13(17)16-8-9-1-2-9/h3-7H,1-2H2/b4-3+. The number of amides is 1. The molecule has 1 aromatic carbocycles. The Labute approximate surface area is 116 Å². The number of allylic oxidation sites excluding steroid dienone is 1. The van der Waals surface area contributed by atoms with Gasteiger partial charge < -0.3 is 0 Å². The fraction of sp³-hybridized carbons (Fsp3) is 0.154. The summed E-state index contributed by atoms with van der Waals surface area (Å²) < 4.78 is 1.92. The molecule has 4 heteroatoms. The summed E-state index contributed by atoms with van der Waals surface area (Å²) in [7, 11) is 0. The molecule has 0 heterocycles. The Morgan fingerprint density at radius 3 is 2.47 bits per heavy atom. The Kier molecular flexibility index (Phi) is 4.11. The van der Waals surface area contributed by atoms with Gasteiger partial charge in [-0.1, -0.05) is 31.9 Å². The number of nitrogens with zero attached hydrogens (tertiary/aromatic N) is 1. The summed E-state index contributed by atoms with van der Waals surface area (Å²) in [6.07, 6.45) is 5.24. The van der Waals surface area contributed by atoms with Crippen molar-refractivity contribution in [3.63, 3.8) is 0 Å². The van der Waals surface area contributed by atoms with Crippen LogP contribution >= 0.6 is 31.9 Å². The van der Waals surface area contributed by atoms with Crippen molar-refractivity contribution in [2.24, 2.45) is 4.99 Å². The van der Waals surface area contributed by atoms with Crippen LogP contribution in [-0.4, -0.2) is 11.8 Å². The molecule has 0 bridgehead atoms. The quantitative estimate of drug-likeness (QED) is 0.579. The van der Waals surface area contributed by atoms with E-state index in [9.17, 15) is 4.79 Å². The largest absolute Gasteiger partial charge is 0.277 e. The first-order valence-corrected chi connectivity index (χ1v) is 6.72. The molecule has 0 unspecified atom stereocenters. The summed E-state index contributed by atoms with van der Waals surface area (Å²) in [5, 5.41) is 0. The third kappa shape index (κ3) is 4.43. The molecular weight excluding hydrogens is 346 g/mol. The van der Waals surface area contributed by atoms with Crippen molar-refractivity contribution < 1.29 is 4.79 Å². The van der Waals surface area contributed by atoms with E-state index in [4.69, 9.17) is 0 Å². The average Bonchev–Trinajstić information content (AvgIpc) is 3.06. The number of rotatable bonds is 2. The topological polar surface area (TPSA) is 29.4 Å². The first-order chi connectivity index (χ1) is 8.13. The van der Waals surface area contributed by atoms with Crippen LogP contribution in [0.2, 0.25) is 0 Å². The highest BCUT2D eigenvalue weighted by molar-refractivity contribution is 9.11. The van der Waals surface area contributed by atoms with E-state index in [1.54, 1.807) is 6.08 Å². The number of halogens is 2. The summed E-state index contributed by atoms with van der Waals surface area (Å²) in [6.45, 7) is 0. The van der Waals surface area contributed by atoms with Gasteiger partial charge in [-0.3, -0.25) is 4.79 Å². The van der Waals surface area contributed by atoms with E-state index in [2.05, 4.69) is 42.7 Å². The highest BCUT2D eigenvalue weighted by Crippen LogP contribution is 2.23. The van der Waals surface area contributed by atoms with Gasteiger partial charge in [0, 0.05) is 15.0 Å². The Morgan fingerprint density at radius 2 is 1.88 bits per heavy atom. The van der Waals surface area contributed by atoms with E-state index < -0.39 is 0 Å². The van der Waals surface area contributed by atoms with Gasteiger partial charge in [-0.15, -0.1) is 0 Å². The van der Waals surface area contributed by atoms with Gasteiger partial charge in [0.05, 0.1) is 0 Å². The van der Waals surface area contributed by atoms with Crippen LogP contribution in [-0.2, 0) is 4.79 Å². The Balaban J connectivity index is 2.09. The minimum absolute atomic E-state index is 0.277. The van der Waals surface area contributed by atoms with Crippen LogP contribution in [0.4, 0.5) is 0 Å². The Bertz CT molecular complexity index is 528. The van der Waals surface area contributed by atoms with E-state index in [-0.39, 0.29) is 5.91 Å². The molecule has 1 amide bonds. The molecule has 1 fully saturated rings. The molecule has 0 aliphatic heterocycles. The SMILES string of the molecule is O=C(/C=C/c1cc(Br)cc(Br)c1)N=C=C1CC1. The molecule has 0 spiro atoms. The van der Waals surface area contributed by atoms with E-state index in [0.717, 1.165) is 32.9 Å². The minimum Gasteiger partial charge on any atom is -0.267 e. The van der Waals surface area contributed by atoms with Crippen molar-refractivity contribution >= 4 is 49.7 Å². The molecule has 0 N–H and O–H groups in total. The van der Waals surface area contributed by atoms with E-state index >= 15 is 0 Å². The van der Waals surface area contributed by atoms with Crippen molar-refractivity contribution in [1.29, 1.82) is 0 Å². The van der Waals surface area contributed by atoms with Gasteiger partial charge >= 0.3 is 0 Å². The van der Waals surface area contributed by atoms with Gasteiger partial charge in [0.25, 0.3) is 5.91 Å². The maximum Gasteiger partial charge on any atom is 0.277 e. The van der Waals surface area contributed by atoms with Crippen LogP contribution in [0.15, 0.2) is 43.8 Å². The summed E-state index contributed by atoms with van der Waals surface area (Å²) in [5.41, 5.74) is 2.06. The molecule has 1 aromatic rings. The number of aliphatic imine (C=N–C) groups is 1. The van der Waals surface area contributed by atoms with Crippen LogP contribution in [0.3, 0.4) is 0 Å². The zero-order valence-corrected chi connectivity index (χ0v) is 12.1. The van der Waals surface area contributed by atoms with Crippen molar-refractivity contribution in [3.8, 4) is 0 Å². The molecule has 86 valence electrons. The molecule has 1 aliphatic carbocycles.